The van der Waals surface area contributed by atoms with E-state index in [1.54, 1.807) is 12.1 Å². The van der Waals surface area contributed by atoms with Gasteiger partial charge in [0.25, 0.3) is 0 Å². The minimum absolute atomic E-state index is 0.0769. The average Bonchev–Trinajstić information content (AvgIpc) is 2.42. The molecule has 0 bridgehead atoms. The standard InChI is InChI=1S/C17H18ClF2N/c1-3-7-21-17(12-8-11(2)9-13(19)10-12)14-5-4-6-15(20)16(14)18/h4-6,8-10,17,21H,3,7H2,1-2H3. The summed E-state index contributed by atoms with van der Waals surface area (Å²) in [6, 6.07) is 9.18. The summed E-state index contributed by atoms with van der Waals surface area (Å²) in [5.41, 5.74) is 2.18. The van der Waals surface area contributed by atoms with Gasteiger partial charge in [-0.15, -0.1) is 0 Å². The van der Waals surface area contributed by atoms with E-state index in [0.717, 1.165) is 24.1 Å². The molecule has 1 atom stereocenters. The maximum absolute atomic E-state index is 13.7. The molecule has 2 aromatic rings. The first-order valence-corrected chi connectivity index (χ1v) is 7.35. The Kier molecular flexibility index (Phi) is 5.32. The minimum Gasteiger partial charge on any atom is -0.306 e. The number of halogens is 3. The summed E-state index contributed by atoms with van der Waals surface area (Å²) in [6.45, 7) is 4.60. The fourth-order valence-electron chi connectivity index (χ4n) is 2.37. The van der Waals surface area contributed by atoms with Gasteiger partial charge in [-0.25, -0.2) is 8.78 Å². The van der Waals surface area contributed by atoms with Crippen molar-refractivity contribution in [2.75, 3.05) is 6.54 Å². The van der Waals surface area contributed by atoms with Gasteiger partial charge in [0.2, 0.25) is 0 Å². The molecule has 0 radical (unpaired) electrons. The van der Waals surface area contributed by atoms with Gasteiger partial charge in [-0.3, -0.25) is 0 Å². The summed E-state index contributed by atoms with van der Waals surface area (Å²) >= 11 is 6.09. The van der Waals surface area contributed by atoms with Crippen LogP contribution in [0.2, 0.25) is 5.02 Å². The molecule has 21 heavy (non-hydrogen) atoms. The molecule has 2 rings (SSSR count). The van der Waals surface area contributed by atoms with Crippen LogP contribution < -0.4 is 5.32 Å². The third-order valence-corrected chi connectivity index (χ3v) is 3.69. The second kappa shape index (κ2) is 7.01. The normalized spacial score (nSPS) is 12.4. The molecule has 0 amide bonds. The van der Waals surface area contributed by atoms with Crippen LogP contribution >= 0.6 is 11.6 Å². The van der Waals surface area contributed by atoms with Crippen LogP contribution in [0.4, 0.5) is 8.78 Å². The Balaban J connectivity index is 2.49. The molecular formula is C17H18ClF2N. The molecule has 0 heterocycles. The highest BCUT2D eigenvalue weighted by Crippen LogP contribution is 2.31. The maximum Gasteiger partial charge on any atom is 0.142 e. The van der Waals surface area contributed by atoms with Crippen molar-refractivity contribution in [3.63, 3.8) is 0 Å². The first-order chi connectivity index (χ1) is 10.0. The zero-order chi connectivity index (χ0) is 15.4. The highest BCUT2D eigenvalue weighted by atomic mass is 35.5. The zero-order valence-electron chi connectivity index (χ0n) is 12.1. The topological polar surface area (TPSA) is 12.0 Å². The molecule has 1 N–H and O–H groups in total. The quantitative estimate of drug-likeness (QED) is 0.818. The van der Waals surface area contributed by atoms with Crippen LogP contribution in [0.15, 0.2) is 36.4 Å². The van der Waals surface area contributed by atoms with Crippen LogP contribution in [-0.2, 0) is 0 Å². The van der Waals surface area contributed by atoms with Gasteiger partial charge < -0.3 is 5.32 Å². The van der Waals surface area contributed by atoms with Gasteiger partial charge in [-0.1, -0.05) is 36.7 Å². The van der Waals surface area contributed by atoms with E-state index in [2.05, 4.69) is 5.32 Å². The lowest BCUT2D eigenvalue weighted by atomic mass is 9.96. The van der Waals surface area contributed by atoms with E-state index in [4.69, 9.17) is 11.6 Å². The predicted molar refractivity (Wildman–Crippen MR) is 82.7 cm³/mol. The summed E-state index contributed by atoms with van der Waals surface area (Å²) in [5, 5.41) is 3.38. The van der Waals surface area contributed by atoms with Crippen molar-refractivity contribution < 1.29 is 8.78 Å². The first kappa shape index (κ1) is 15.9. The molecule has 1 nitrogen and oxygen atoms in total. The van der Waals surface area contributed by atoms with E-state index < -0.39 is 5.82 Å². The molecule has 0 fully saturated rings. The smallest absolute Gasteiger partial charge is 0.142 e. The van der Waals surface area contributed by atoms with Crippen LogP contribution in [0.25, 0.3) is 0 Å². The van der Waals surface area contributed by atoms with Gasteiger partial charge in [-0.05, 0) is 54.8 Å². The second-order valence-electron chi connectivity index (χ2n) is 5.09. The van der Waals surface area contributed by atoms with Gasteiger partial charge in [-0.2, -0.15) is 0 Å². The third-order valence-electron chi connectivity index (χ3n) is 3.29. The Labute approximate surface area is 128 Å². The summed E-state index contributed by atoms with van der Waals surface area (Å²) in [5.74, 6) is -0.772. The fourth-order valence-corrected chi connectivity index (χ4v) is 2.61. The van der Waals surface area contributed by atoms with Crippen molar-refractivity contribution in [2.45, 2.75) is 26.3 Å². The van der Waals surface area contributed by atoms with Crippen molar-refractivity contribution in [1.29, 1.82) is 0 Å². The Bertz CT molecular complexity index is 608. The maximum atomic E-state index is 13.7. The Morgan fingerprint density at radius 3 is 2.62 bits per heavy atom. The number of aryl methyl sites for hydroxylation is 1. The number of hydrogen-bond acceptors (Lipinski definition) is 1. The van der Waals surface area contributed by atoms with Gasteiger partial charge in [0, 0.05) is 0 Å². The molecule has 2 aromatic carbocycles. The van der Waals surface area contributed by atoms with E-state index in [9.17, 15) is 8.78 Å². The molecule has 0 saturated carbocycles. The largest absolute Gasteiger partial charge is 0.306 e. The van der Waals surface area contributed by atoms with Gasteiger partial charge in [0.15, 0.2) is 0 Å². The summed E-state index contributed by atoms with van der Waals surface area (Å²) in [4.78, 5) is 0. The van der Waals surface area contributed by atoms with E-state index in [0.29, 0.717) is 5.56 Å². The third kappa shape index (κ3) is 3.80. The number of hydrogen-bond donors (Lipinski definition) is 1. The first-order valence-electron chi connectivity index (χ1n) is 6.97. The van der Waals surface area contributed by atoms with Gasteiger partial charge >= 0.3 is 0 Å². The van der Waals surface area contributed by atoms with Crippen molar-refractivity contribution in [3.05, 3.63) is 69.7 Å². The molecular weight excluding hydrogens is 292 g/mol. The van der Waals surface area contributed by atoms with Crippen LogP contribution in [0, 0.1) is 18.6 Å². The average molecular weight is 310 g/mol. The van der Waals surface area contributed by atoms with Gasteiger partial charge in [0.1, 0.15) is 11.6 Å². The lowest BCUT2D eigenvalue weighted by molar-refractivity contribution is 0.577. The molecule has 112 valence electrons. The molecule has 0 aliphatic rings. The highest BCUT2D eigenvalue weighted by molar-refractivity contribution is 6.31. The van der Waals surface area contributed by atoms with E-state index in [-0.39, 0.29) is 16.9 Å². The molecule has 0 saturated heterocycles. The van der Waals surface area contributed by atoms with E-state index in [1.807, 2.05) is 19.9 Å². The lowest BCUT2D eigenvalue weighted by Crippen LogP contribution is -2.24. The number of nitrogens with one attached hydrogen (secondary N) is 1. The van der Waals surface area contributed by atoms with Crippen LogP contribution in [0.3, 0.4) is 0 Å². The van der Waals surface area contributed by atoms with Crippen molar-refractivity contribution in [3.8, 4) is 0 Å². The van der Waals surface area contributed by atoms with Crippen molar-refractivity contribution in [1.82, 2.24) is 5.32 Å². The molecule has 0 aliphatic heterocycles. The number of rotatable bonds is 5. The van der Waals surface area contributed by atoms with Crippen LogP contribution in [0.1, 0.15) is 36.1 Å². The van der Waals surface area contributed by atoms with Gasteiger partial charge in [0.05, 0.1) is 11.1 Å². The fraction of sp³-hybridized carbons (Fsp3) is 0.294. The predicted octanol–water partition coefficient (Wildman–Crippen LogP) is 5.02. The van der Waals surface area contributed by atoms with E-state index >= 15 is 0 Å². The summed E-state index contributed by atoms with van der Waals surface area (Å²) in [7, 11) is 0. The minimum atomic E-state index is -0.467. The van der Waals surface area contributed by atoms with Crippen LogP contribution in [0.5, 0.6) is 0 Å². The van der Waals surface area contributed by atoms with E-state index in [1.165, 1.54) is 18.2 Å². The lowest BCUT2D eigenvalue weighted by Gasteiger charge is -2.21. The Morgan fingerprint density at radius 1 is 1.19 bits per heavy atom. The Hall–Kier alpha value is -1.45. The van der Waals surface area contributed by atoms with Crippen molar-refractivity contribution >= 4 is 11.6 Å². The SMILES string of the molecule is CCCNC(c1cc(C)cc(F)c1)c1cccc(F)c1Cl. The molecule has 4 heteroatoms. The Morgan fingerprint density at radius 2 is 1.95 bits per heavy atom. The monoisotopic (exact) mass is 309 g/mol. The molecule has 0 spiro atoms. The summed E-state index contributed by atoms with van der Waals surface area (Å²) in [6.07, 6.45) is 0.914. The zero-order valence-corrected chi connectivity index (χ0v) is 12.8. The molecule has 1 unspecified atom stereocenters. The highest BCUT2D eigenvalue weighted by Gasteiger charge is 2.19. The van der Waals surface area contributed by atoms with Crippen LogP contribution in [-0.4, -0.2) is 6.54 Å². The van der Waals surface area contributed by atoms with Crippen molar-refractivity contribution in [2.24, 2.45) is 0 Å². The number of benzene rings is 2. The summed E-state index contributed by atoms with van der Waals surface area (Å²) < 4.78 is 27.4. The molecule has 0 aliphatic carbocycles. The molecule has 0 aromatic heterocycles. The second-order valence-corrected chi connectivity index (χ2v) is 5.47.